The van der Waals surface area contributed by atoms with Gasteiger partial charge >= 0.3 is 0 Å². The summed E-state index contributed by atoms with van der Waals surface area (Å²) < 4.78 is 22.1. The summed E-state index contributed by atoms with van der Waals surface area (Å²) in [5.74, 6) is 3.01. The molecule has 0 N–H and O–H groups in total. The predicted molar refractivity (Wildman–Crippen MR) is 107 cm³/mol. The molecule has 0 atom stereocenters. The van der Waals surface area contributed by atoms with E-state index in [-0.39, 0.29) is 0 Å². The molecule has 0 aliphatic rings. The van der Waals surface area contributed by atoms with Crippen LogP contribution in [0, 0.1) is 6.92 Å². The lowest BCUT2D eigenvalue weighted by molar-refractivity contribution is 0.393. The molecular formula is C20H18N4O4S. The normalized spacial score (nSPS) is 10.9. The van der Waals surface area contributed by atoms with Gasteiger partial charge in [-0.05, 0) is 31.2 Å². The third-order valence-corrected chi connectivity index (χ3v) is 4.90. The smallest absolute Gasteiger partial charge is 0.277 e. The van der Waals surface area contributed by atoms with Crippen LogP contribution < -0.4 is 9.47 Å². The van der Waals surface area contributed by atoms with Crippen LogP contribution in [-0.2, 0) is 5.75 Å². The van der Waals surface area contributed by atoms with E-state index in [2.05, 4.69) is 20.4 Å². The number of aromatic nitrogens is 4. The van der Waals surface area contributed by atoms with E-state index in [0.717, 1.165) is 11.1 Å². The predicted octanol–water partition coefficient (Wildman–Crippen LogP) is 4.40. The van der Waals surface area contributed by atoms with Crippen LogP contribution in [0.15, 0.2) is 56.5 Å². The van der Waals surface area contributed by atoms with Crippen molar-refractivity contribution < 1.29 is 18.3 Å². The number of hydrogen-bond donors (Lipinski definition) is 0. The standard InChI is InChI=1S/C20H18N4O4S/c1-12-5-4-6-13(9-12)18-22-21-17(27-18)11-29-20-24-23-19(28-20)15-8-7-14(25-2)10-16(15)26-3/h4-10H,11H2,1-3H3. The zero-order valence-electron chi connectivity index (χ0n) is 16.1. The molecule has 0 saturated heterocycles. The summed E-state index contributed by atoms with van der Waals surface area (Å²) in [4.78, 5) is 0. The Morgan fingerprint density at radius 1 is 0.897 bits per heavy atom. The first kappa shape index (κ1) is 19.0. The minimum atomic E-state index is 0.359. The highest BCUT2D eigenvalue weighted by atomic mass is 32.2. The van der Waals surface area contributed by atoms with Gasteiger partial charge in [0.25, 0.3) is 11.1 Å². The van der Waals surface area contributed by atoms with Crippen molar-refractivity contribution in [3.8, 4) is 34.4 Å². The van der Waals surface area contributed by atoms with Gasteiger partial charge in [0.1, 0.15) is 11.5 Å². The molecule has 0 bridgehead atoms. The summed E-state index contributed by atoms with van der Waals surface area (Å²) in [6.45, 7) is 2.02. The van der Waals surface area contributed by atoms with Gasteiger partial charge in [-0.1, -0.05) is 29.5 Å². The van der Waals surface area contributed by atoms with Crippen LogP contribution in [0.1, 0.15) is 11.5 Å². The van der Waals surface area contributed by atoms with Crippen LogP contribution in [0.25, 0.3) is 22.9 Å². The Bertz CT molecular complexity index is 1130. The molecule has 0 aliphatic carbocycles. The van der Waals surface area contributed by atoms with Crippen molar-refractivity contribution in [1.82, 2.24) is 20.4 Å². The Morgan fingerprint density at radius 3 is 2.55 bits per heavy atom. The molecule has 0 amide bonds. The SMILES string of the molecule is COc1ccc(-c2nnc(SCc3nnc(-c4cccc(C)c4)o3)o2)c(OC)c1. The molecule has 2 heterocycles. The molecule has 0 unspecified atom stereocenters. The zero-order valence-corrected chi connectivity index (χ0v) is 16.9. The lowest BCUT2D eigenvalue weighted by atomic mass is 10.1. The van der Waals surface area contributed by atoms with E-state index in [4.69, 9.17) is 18.3 Å². The first-order valence-electron chi connectivity index (χ1n) is 8.74. The van der Waals surface area contributed by atoms with Crippen LogP contribution in [0.2, 0.25) is 0 Å². The van der Waals surface area contributed by atoms with Gasteiger partial charge in [0.2, 0.25) is 11.8 Å². The maximum Gasteiger partial charge on any atom is 0.277 e. The number of benzene rings is 2. The summed E-state index contributed by atoms with van der Waals surface area (Å²) >= 11 is 1.32. The third-order valence-electron chi connectivity index (χ3n) is 4.10. The third kappa shape index (κ3) is 4.24. The topological polar surface area (TPSA) is 96.3 Å². The van der Waals surface area contributed by atoms with Gasteiger partial charge in [0.15, 0.2) is 0 Å². The van der Waals surface area contributed by atoms with Crippen molar-refractivity contribution in [3.63, 3.8) is 0 Å². The second-order valence-corrected chi connectivity index (χ2v) is 7.03. The van der Waals surface area contributed by atoms with Gasteiger partial charge < -0.3 is 18.3 Å². The summed E-state index contributed by atoms with van der Waals surface area (Å²) in [5, 5.41) is 16.8. The Kier molecular flexibility index (Phi) is 5.48. The van der Waals surface area contributed by atoms with E-state index in [1.54, 1.807) is 26.4 Å². The maximum atomic E-state index is 5.74. The first-order valence-corrected chi connectivity index (χ1v) is 9.73. The molecule has 0 aliphatic heterocycles. The number of ether oxygens (including phenoxy) is 2. The van der Waals surface area contributed by atoms with Crippen molar-refractivity contribution in [3.05, 3.63) is 53.9 Å². The number of methoxy groups -OCH3 is 2. The van der Waals surface area contributed by atoms with Crippen molar-refractivity contribution in [2.75, 3.05) is 14.2 Å². The lowest BCUT2D eigenvalue weighted by Crippen LogP contribution is -1.90. The highest BCUT2D eigenvalue weighted by molar-refractivity contribution is 7.98. The largest absolute Gasteiger partial charge is 0.497 e. The molecule has 9 heteroatoms. The van der Waals surface area contributed by atoms with Crippen LogP contribution in [0.4, 0.5) is 0 Å². The number of hydrogen-bond acceptors (Lipinski definition) is 9. The van der Waals surface area contributed by atoms with Crippen molar-refractivity contribution >= 4 is 11.8 Å². The van der Waals surface area contributed by atoms with Gasteiger partial charge in [-0.15, -0.1) is 20.4 Å². The van der Waals surface area contributed by atoms with Crippen molar-refractivity contribution in [2.45, 2.75) is 17.9 Å². The maximum absolute atomic E-state index is 5.74. The average molecular weight is 410 g/mol. The highest BCUT2D eigenvalue weighted by Crippen LogP contribution is 2.34. The second-order valence-electron chi connectivity index (χ2n) is 6.10. The van der Waals surface area contributed by atoms with Gasteiger partial charge in [0, 0.05) is 11.6 Å². The quantitative estimate of drug-likeness (QED) is 0.411. The van der Waals surface area contributed by atoms with Gasteiger partial charge in [0.05, 0.1) is 25.5 Å². The second kappa shape index (κ2) is 8.36. The van der Waals surface area contributed by atoms with Crippen LogP contribution >= 0.6 is 11.8 Å². The molecule has 29 heavy (non-hydrogen) atoms. The molecular weight excluding hydrogens is 392 g/mol. The fraction of sp³-hybridized carbons (Fsp3) is 0.200. The molecule has 2 aromatic carbocycles. The van der Waals surface area contributed by atoms with E-state index < -0.39 is 0 Å². The number of thioether (sulfide) groups is 1. The lowest BCUT2D eigenvalue weighted by Gasteiger charge is -2.07. The number of nitrogens with zero attached hydrogens (tertiary/aromatic N) is 4. The molecule has 0 saturated carbocycles. The summed E-state index contributed by atoms with van der Waals surface area (Å²) in [5.41, 5.74) is 2.71. The molecule has 0 fully saturated rings. The summed E-state index contributed by atoms with van der Waals surface area (Å²) in [6.07, 6.45) is 0. The molecule has 4 rings (SSSR count). The minimum absolute atomic E-state index is 0.359. The Morgan fingerprint density at radius 2 is 1.76 bits per heavy atom. The van der Waals surface area contributed by atoms with E-state index in [0.29, 0.717) is 45.7 Å². The number of rotatable bonds is 7. The molecule has 2 aromatic heterocycles. The molecule has 148 valence electrons. The van der Waals surface area contributed by atoms with Gasteiger partial charge in [-0.2, -0.15) is 0 Å². The van der Waals surface area contributed by atoms with Crippen LogP contribution in [0.5, 0.6) is 11.5 Å². The summed E-state index contributed by atoms with van der Waals surface area (Å²) in [6, 6.07) is 13.3. The minimum Gasteiger partial charge on any atom is -0.497 e. The summed E-state index contributed by atoms with van der Waals surface area (Å²) in [7, 11) is 3.17. The zero-order chi connectivity index (χ0) is 20.2. The molecule has 0 spiro atoms. The van der Waals surface area contributed by atoms with Crippen molar-refractivity contribution in [2.24, 2.45) is 0 Å². The highest BCUT2D eigenvalue weighted by Gasteiger charge is 2.16. The van der Waals surface area contributed by atoms with Gasteiger partial charge in [-0.25, -0.2) is 0 Å². The Labute approximate surface area is 171 Å². The van der Waals surface area contributed by atoms with E-state index >= 15 is 0 Å². The van der Waals surface area contributed by atoms with E-state index in [1.807, 2.05) is 37.3 Å². The molecule has 0 radical (unpaired) electrons. The average Bonchev–Trinajstić information content (AvgIpc) is 3.41. The fourth-order valence-electron chi connectivity index (χ4n) is 2.68. The van der Waals surface area contributed by atoms with E-state index in [9.17, 15) is 0 Å². The Balaban J connectivity index is 1.45. The monoisotopic (exact) mass is 410 g/mol. The first-order chi connectivity index (χ1) is 14.2. The van der Waals surface area contributed by atoms with Crippen LogP contribution in [-0.4, -0.2) is 34.6 Å². The van der Waals surface area contributed by atoms with Crippen LogP contribution in [0.3, 0.4) is 0 Å². The number of aryl methyl sites for hydroxylation is 1. The molecule has 8 nitrogen and oxygen atoms in total. The van der Waals surface area contributed by atoms with E-state index in [1.165, 1.54) is 11.8 Å². The van der Waals surface area contributed by atoms with Crippen molar-refractivity contribution in [1.29, 1.82) is 0 Å². The fourth-order valence-corrected chi connectivity index (χ4v) is 3.28. The molecule has 4 aromatic rings. The Hall–Kier alpha value is -3.33. The van der Waals surface area contributed by atoms with Gasteiger partial charge in [-0.3, -0.25) is 0 Å².